The van der Waals surface area contributed by atoms with E-state index in [9.17, 15) is 4.79 Å². The highest BCUT2D eigenvalue weighted by atomic mass is 16.1. The standard InChI is InChI=1S/C13H22N2O/c1-2-7-13(16)15-11-10-14-12-8-5-3-4-6-9-12/h1,12,14H,3-11H2,(H,15,16). The number of carbonyl (C=O) groups is 1. The van der Waals surface area contributed by atoms with Gasteiger partial charge in [0.25, 0.3) is 0 Å². The number of hydrogen-bond donors (Lipinski definition) is 2. The molecule has 90 valence electrons. The first kappa shape index (κ1) is 13.1. The Morgan fingerprint density at radius 1 is 1.19 bits per heavy atom. The molecule has 0 spiro atoms. The van der Waals surface area contributed by atoms with Gasteiger partial charge in [-0.25, -0.2) is 0 Å². The molecule has 0 aromatic heterocycles. The van der Waals surface area contributed by atoms with E-state index in [4.69, 9.17) is 6.42 Å². The Morgan fingerprint density at radius 2 is 1.88 bits per heavy atom. The van der Waals surface area contributed by atoms with Gasteiger partial charge < -0.3 is 10.6 Å². The summed E-state index contributed by atoms with van der Waals surface area (Å²) in [6.45, 7) is 1.53. The molecule has 1 amide bonds. The second-order valence-corrected chi connectivity index (χ2v) is 4.37. The average Bonchev–Trinajstić information content (AvgIpc) is 2.53. The van der Waals surface area contributed by atoms with Gasteiger partial charge in [-0.1, -0.05) is 31.6 Å². The maximum Gasteiger partial charge on any atom is 0.232 e. The molecule has 3 nitrogen and oxygen atoms in total. The van der Waals surface area contributed by atoms with Gasteiger partial charge in [-0.05, 0) is 12.8 Å². The molecular formula is C13H22N2O. The van der Waals surface area contributed by atoms with Crippen LogP contribution in [-0.2, 0) is 4.79 Å². The lowest BCUT2D eigenvalue weighted by molar-refractivity contribution is -0.120. The fraction of sp³-hybridized carbons (Fsp3) is 0.769. The molecule has 1 aliphatic rings. The van der Waals surface area contributed by atoms with E-state index in [0.717, 1.165) is 6.54 Å². The van der Waals surface area contributed by atoms with Crippen molar-refractivity contribution in [1.29, 1.82) is 0 Å². The van der Waals surface area contributed by atoms with Crippen molar-refractivity contribution in [3.63, 3.8) is 0 Å². The van der Waals surface area contributed by atoms with Gasteiger partial charge in [-0.2, -0.15) is 0 Å². The predicted octanol–water partition coefficient (Wildman–Crippen LogP) is 1.44. The molecule has 0 saturated heterocycles. The molecule has 0 bridgehead atoms. The number of nitrogens with one attached hydrogen (secondary N) is 2. The molecule has 0 aromatic carbocycles. The van der Waals surface area contributed by atoms with Gasteiger partial charge in [0.2, 0.25) is 5.91 Å². The lowest BCUT2D eigenvalue weighted by Gasteiger charge is -2.16. The Morgan fingerprint density at radius 3 is 2.50 bits per heavy atom. The Bertz CT molecular complexity index is 237. The van der Waals surface area contributed by atoms with E-state index in [2.05, 4.69) is 16.6 Å². The number of amides is 1. The molecule has 3 heteroatoms. The fourth-order valence-corrected chi connectivity index (χ4v) is 2.12. The zero-order chi connectivity index (χ0) is 11.6. The van der Waals surface area contributed by atoms with Crippen molar-refractivity contribution in [2.45, 2.75) is 51.0 Å². The van der Waals surface area contributed by atoms with E-state index in [0.29, 0.717) is 12.6 Å². The van der Waals surface area contributed by atoms with E-state index >= 15 is 0 Å². The number of rotatable bonds is 5. The van der Waals surface area contributed by atoms with Crippen LogP contribution in [0.4, 0.5) is 0 Å². The summed E-state index contributed by atoms with van der Waals surface area (Å²) in [4.78, 5) is 11.1. The zero-order valence-corrected chi connectivity index (χ0v) is 9.93. The monoisotopic (exact) mass is 222 g/mol. The molecule has 2 N–H and O–H groups in total. The highest BCUT2D eigenvalue weighted by Crippen LogP contribution is 2.16. The van der Waals surface area contributed by atoms with Crippen molar-refractivity contribution >= 4 is 5.91 Å². The number of hydrogen-bond acceptors (Lipinski definition) is 2. The lowest BCUT2D eigenvalue weighted by atomic mass is 10.1. The van der Waals surface area contributed by atoms with Crippen molar-refractivity contribution in [2.75, 3.05) is 13.1 Å². The molecule has 1 saturated carbocycles. The molecule has 1 fully saturated rings. The molecule has 0 aliphatic heterocycles. The van der Waals surface area contributed by atoms with Crippen LogP contribution < -0.4 is 10.6 Å². The third-order valence-corrected chi connectivity index (χ3v) is 3.00. The Balaban J connectivity index is 2.01. The van der Waals surface area contributed by atoms with Crippen LogP contribution in [0.15, 0.2) is 0 Å². The summed E-state index contributed by atoms with van der Waals surface area (Å²) in [6, 6.07) is 0.645. The van der Waals surface area contributed by atoms with Crippen molar-refractivity contribution in [1.82, 2.24) is 10.6 Å². The molecule has 0 unspecified atom stereocenters. The van der Waals surface area contributed by atoms with E-state index in [1.165, 1.54) is 38.5 Å². The lowest BCUT2D eigenvalue weighted by Crippen LogP contribution is -2.36. The maximum absolute atomic E-state index is 11.1. The second-order valence-electron chi connectivity index (χ2n) is 4.37. The summed E-state index contributed by atoms with van der Waals surface area (Å²) in [5.41, 5.74) is 0. The van der Waals surface area contributed by atoms with Gasteiger partial charge in [0.05, 0.1) is 6.42 Å². The minimum Gasteiger partial charge on any atom is -0.354 e. The quantitative estimate of drug-likeness (QED) is 0.420. The predicted molar refractivity (Wildman–Crippen MR) is 66.0 cm³/mol. The molecule has 0 aromatic rings. The summed E-state index contributed by atoms with van der Waals surface area (Å²) in [5, 5.41) is 6.29. The first-order chi connectivity index (χ1) is 7.83. The van der Waals surface area contributed by atoms with Crippen LogP contribution in [0.2, 0.25) is 0 Å². The van der Waals surface area contributed by atoms with E-state index in [1.54, 1.807) is 0 Å². The van der Waals surface area contributed by atoms with E-state index in [1.807, 2.05) is 0 Å². The van der Waals surface area contributed by atoms with Gasteiger partial charge in [-0.15, -0.1) is 6.42 Å². The van der Waals surface area contributed by atoms with Crippen LogP contribution in [0.25, 0.3) is 0 Å². The molecule has 0 radical (unpaired) electrons. The van der Waals surface area contributed by atoms with E-state index < -0.39 is 0 Å². The van der Waals surface area contributed by atoms with Crippen molar-refractivity contribution < 1.29 is 4.79 Å². The topological polar surface area (TPSA) is 41.1 Å². The highest BCUT2D eigenvalue weighted by Gasteiger charge is 2.10. The molecule has 1 rings (SSSR count). The Hall–Kier alpha value is -1.01. The van der Waals surface area contributed by atoms with Crippen molar-refractivity contribution in [2.24, 2.45) is 0 Å². The summed E-state index contributed by atoms with van der Waals surface area (Å²) in [6.07, 6.45) is 13.2. The number of carbonyl (C=O) groups excluding carboxylic acids is 1. The van der Waals surface area contributed by atoms with Crippen molar-refractivity contribution in [3.05, 3.63) is 0 Å². The molecule has 0 heterocycles. The van der Waals surface area contributed by atoms with Crippen LogP contribution >= 0.6 is 0 Å². The zero-order valence-electron chi connectivity index (χ0n) is 9.93. The third kappa shape index (κ3) is 5.77. The minimum atomic E-state index is -0.0508. The Labute approximate surface area is 98.4 Å². The maximum atomic E-state index is 11.1. The van der Waals surface area contributed by atoms with Crippen LogP contribution in [0, 0.1) is 12.3 Å². The highest BCUT2D eigenvalue weighted by molar-refractivity contribution is 5.78. The SMILES string of the molecule is C#CCC(=O)NCCNC1CCCCCC1. The number of terminal acetylenes is 1. The van der Waals surface area contributed by atoms with Gasteiger partial charge >= 0.3 is 0 Å². The first-order valence-corrected chi connectivity index (χ1v) is 6.26. The van der Waals surface area contributed by atoms with E-state index in [-0.39, 0.29) is 12.3 Å². The van der Waals surface area contributed by atoms with Crippen LogP contribution in [-0.4, -0.2) is 25.0 Å². The molecule has 1 aliphatic carbocycles. The van der Waals surface area contributed by atoms with Crippen LogP contribution in [0.1, 0.15) is 44.9 Å². The molecule has 0 atom stereocenters. The summed E-state index contributed by atoms with van der Waals surface area (Å²) >= 11 is 0. The van der Waals surface area contributed by atoms with Crippen LogP contribution in [0.5, 0.6) is 0 Å². The second kappa shape index (κ2) is 8.18. The summed E-state index contributed by atoms with van der Waals surface area (Å²) in [7, 11) is 0. The fourth-order valence-electron chi connectivity index (χ4n) is 2.12. The van der Waals surface area contributed by atoms with Gasteiger partial charge in [0.1, 0.15) is 0 Å². The Kier molecular flexibility index (Phi) is 6.67. The average molecular weight is 222 g/mol. The largest absolute Gasteiger partial charge is 0.354 e. The normalized spacial score (nSPS) is 17.4. The summed E-state index contributed by atoms with van der Waals surface area (Å²) in [5.74, 6) is 2.28. The third-order valence-electron chi connectivity index (χ3n) is 3.00. The smallest absolute Gasteiger partial charge is 0.232 e. The van der Waals surface area contributed by atoms with Gasteiger partial charge in [-0.3, -0.25) is 4.79 Å². The minimum absolute atomic E-state index is 0.0508. The molecular weight excluding hydrogens is 200 g/mol. The summed E-state index contributed by atoms with van der Waals surface area (Å²) < 4.78 is 0. The first-order valence-electron chi connectivity index (χ1n) is 6.26. The molecule has 16 heavy (non-hydrogen) atoms. The van der Waals surface area contributed by atoms with Crippen LogP contribution in [0.3, 0.4) is 0 Å². The van der Waals surface area contributed by atoms with Gasteiger partial charge in [0.15, 0.2) is 0 Å². The van der Waals surface area contributed by atoms with Gasteiger partial charge in [0, 0.05) is 19.1 Å². The van der Waals surface area contributed by atoms with Crippen molar-refractivity contribution in [3.8, 4) is 12.3 Å².